The molecule has 0 spiro atoms. The molecule has 0 aliphatic carbocycles. The molecule has 4 nitrogen and oxygen atoms in total. The predicted molar refractivity (Wildman–Crippen MR) is 82.3 cm³/mol. The van der Waals surface area contributed by atoms with E-state index in [4.69, 9.17) is 4.52 Å². The summed E-state index contributed by atoms with van der Waals surface area (Å²) in [4.78, 5) is 12.3. The molecule has 1 heterocycles. The molecule has 0 saturated heterocycles. The first kappa shape index (κ1) is 15.3. The number of benzene rings is 1. The van der Waals surface area contributed by atoms with Gasteiger partial charge < -0.3 is 9.84 Å². The van der Waals surface area contributed by atoms with Gasteiger partial charge in [-0.15, -0.1) is 0 Å². The van der Waals surface area contributed by atoms with Crippen LogP contribution in [0.4, 0.5) is 0 Å². The van der Waals surface area contributed by atoms with Crippen LogP contribution in [0.15, 0.2) is 28.8 Å². The van der Waals surface area contributed by atoms with E-state index in [-0.39, 0.29) is 11.9 Å². The van der Waals surface area contributed by atoms with Crippen LogP contribution in [0, 0.1) is 13.8 Å². The van der Waals surface area contributed by atoms with Gasteiger partial charge in [0.25, 0.3) is 5.91 Å². The lowest BCUT2D eigenvalue weighted by Crippen LogP contribution is -2.27. The maximum atomic E-state index is 12.3. The largest absolute Gasteiger partial charge is 0.361 e. The maximum absolute atomic E-state index is 12.3. The van der Waals surface area contributed by atoms with Crippen LogP contribution < -0.4 is 5.32 Å². The summed E-state index contributed by atoms with van der Waals surface area (Å²) < 4.78 is 5.04. The summed E-state index contributed by atoms with van der Waals surface area (Å²) in [6.07, 6.45) is 2.22. The summed E-state index contributed by atoms with van der Waals surface area (Å²) in [5.41, 5.74) is 3.57. The molecule has 1 atom stereocenters. The molecule has 0 saturated carbocycles. The summed E-state index contributed by atoms with van der Waals surface area (Å²) in [6.45, 7) is 7.67. The summed E-state index contributed by atoms with van der Waals surface area (Å²) in [5.74, 6) is 0.409. The lowest BCUT2D eigenvalue weighted by atomic mass is 10.0. The Kier molecular flexibility index (Phi) is 4.78. The molecule has 2 rings (SSSR count). The van der Waals surface area contributed by atoms with Crippen molar-refractivity contribution in [3.8, 4) is 0 Å². The summed E-state index contributed by atoms with van der Waals surface area (Å²) in [5, 5.41) is 6.81. The monoisotopic (exact) mass is 286 g/mol. The van der Waals surface area contributed by atoms with Gasteiger partial charge in [-0.25, -0.2) is 0 Å². The molecule has 1 aromatic heterocycles. The van der Waals surface area contributed by atoms with Crippen molar-refractivity contribution >= 4 is 5.91 Å². The summed E-state index contributed by atoms with van der Waals surface area (Å²) in [6, 6.07) is 8.34. The zero-order valence-corrected chi connectivity index (χ0v) is 13.1. The number of amides is 1. The Morgan fingerprint density at radius 1 is 1.29 bits per heavy atom. The topological polar surface area (TPSA) is 55.1 Å². The van der Waals surface area contributed by atoms with Gasteiger partial charge >= 0.3 is 0 Å². The molecule has 1 amide bonds. The number of aryl methyl sites for hydroxylation is 3. The second-order valence-electron chi connectivity index (χ2n) is 5.39. The van der Waals surface area contributed by atoms with Crippen molar-refractivity contribution in [3.63, 3.8) is 0 Å². The maximum Gasteiger partial charge on any atom is 0.257 e. The number of hydrogen-bond acceptors (Lipinski definition) is 3. The molecule has 0 radical (unpaired) electrons. The van der Waals surface area contributed by atoms with Crippen LogP contribution in [0.2, 0.25) is 0 Å². The van der Waals surface area contributed by atoms with Crippen molar-refractivity contribution in [2.75, 3.05) is 0 Å². The quantitative estimate of drug-likeness (QED) is 0.911. The van der Waals surface area contributed by atoms with Crippen LogP contribution in [0.3, 0.4) is 0 Å². The lowest BCUT2D eigenvalue weighted by Gasteiger charge is -2.14. The van der Waals surface area contributed by atoms with Crippen LogP contribution in [0.5, 0.6) is 0 Å². The van der Waals surface area contributed by atoms with E-state index < -0.39 is 0 Å². The fourth-order valence-electron chi connectivity index (χ4n) is 2.42. The van der Waals surface area contributed by atoms with Gasteiger partial charge in [-0.3, -0.25) is 4.79 Å². The molecule has 0 bridgehead atoms. The Balaban J connectivity index is 2.07. The van der Waals surface area contributed by atoms with E-state index in [1.807, 2.05) is 6.92 Å². The molecule has 0 aliphatic rings. The molecule has 112 valence electrons. The van der Waals surface area contributed by atoms with Gasteiger partial charge in [-0.1, -0.05) is 42.8 Å². The average molecular weight is 286 g/mol. The van der Waals surface area contributed by atoms with Gasteiger partial charge in [0.05, 0.1) is 11.7 Å². The van der Waals surface area contributed by atoms with E-state index in [1.165, 1.54) is 5.56 Å². The van der Waals surface area contributed by atoms with Crippen LogP contribution in [0.25, 0.3) is 0 Å². The van der Waals surface area contributed by atoms with Crippen molar-refractivity contribution in [3.05, 3.63) is 52.4 Å². The highest BCUT2D eigenvalue weighted by atomic mass is 16.5. The third kappa shape index (κ3) is 3.51. The molecule has 0 aliphatic heterocycles. The summed E-state index contributed by atoms with van der Waals surface area (Å²) in [7, 11) is 0. The minimum absolute atomic E-state index is 0.0538. The molecular formula is C17H22N2O2. The molecule has 0 fully saturated rings. The molecular weight excluding hydrogens is 264 g/mol. The fourth-order valence-corrected chi connectivity index (χ4v) is 2.42. The van der Waals surface area contributed by atoms with E-state index in [0.717, 1.165) is 18.4 Å². The van der Waals surface area contributed by atoms with Crippen molar-refractivity contribution in [1.29, 1.82) is 0 Å². The van der Waals surface area contributed by atoms with Gasteiger partial charge in [0.15, 0.2) is 0 Å². The smallest absolute Gasteiger partial charge is 0.257 e. The van der Waals surface area contributed by atoms with Gasteiger partial charge in [0.1, 0.15) is 11.3 Å². The van der Waals surface area contributed by atoms with Gasteiger partial charge in [0, 0.05) is 0 Å². The van der Waals surface area contributed by atoms with Crippen LogP contribution >= 0.6 is 0 Å². The van der Waals surface area contributed by atoms with Crippen molar-refractivity contribution in [1.82, 2.24) is 10.5 Å². The van der Waals surface area contributed by atoms with E-state index >= 15 is 0 Å². The first-order valence-electron chi connectivity index (χ1n) is 7.35. The van der Waals surface area contributed by atoms with E-state index in [0.29, 0.717) is 17.0 Å². The Morgan fingerprint density at radius 2 is 1.95 bits per heavy atom. The predicted octanol–water partition coefficient (Wildman–Crippen LogP) is 3.73. The second-order valence-corrected chi connectivity index (χ2v) is 5.39. The first-order valence-corrected chi connectivity index (χ1v) is 7.35. The first-order chi connectivity index (χ1) is 10.0. The molecule has 0 unspecified atom stereocenters. The SMILES string of the molecule is CCCc1ccc([C@H](C)NC(=O)c2c(C)noc2C)cc1. The minimum atomic E-state index is -0.142. The van der Waals surface area contributed by atoms with E-state index in [2.05, 4.69) is 41.7 Å². The summed E-state index contributed by atoms with van der Waals surface area (Å²) >= 11 is 0. The Morgan fingerprint density at radius 3 is 2.48 bits per heavy atom. The van der Waals surface area contributed by atoms with Gasteiger partial charge in [-0.05, 0) is 38.3 Å². The number of aromatic nitrogens is 1. The molecule has 2 aromatic rings. The highest BCUT2D eigenvalue weighted by molar-refractivity contribution is 5.96. The van der Waals surface area contributed by atoms with E-state index in [1.54, 1.807) is 13.8 Å². The average Bonchev–Trinajstić information content (AvgIpc) is 2.79. The highest BCUT2D eigenvalue weighted by Gasteiger charge is 2.19. The van der Waals surface area contributed by atoms with Crippen LogP contribution in [0.1, 0.15) is 59.2 Å². The fraction of sp³-hybridized carbons (Fsp3) is 0.412. The van der Waals surface area contributed by atoms with Crippen molar-refractivity contribution < 1.29 is 9.32 Å². The Hall–Kier alpha value is -2.10. The minimum Gasteiger partial charge on any atom is -0.361 e. The highest BCUT2D eigenvalue weighted by Crippen LogP contribution is 2.17. The standard InChI is InChI=1S/C17H22N2O2/c1-5-6-14-7-9-15(10-8-14)11(2)18-17(20)16-12(3)19-21-13(16)4/h7-11H,5-6H2,1-4H3,(H,18,20)/t11-/m0/s1. The Bertz CT molecular complexity index is 595. The molecule has 4 heteroatoms. The number of carbonyl (C=O) groups is 1. The van der Waals surface area contributed by atoms with Crippen LogP contribution in [-0.2, 0) is 6.42 Å². The molecule has 1 aromatic carbocycles. The van der Waals surface area contributed by atoms with Gasteiger partial charge in [0.2, 0.25) is 0 Å². The third-order valence-electron chi connectivity index (χ3n) is 3.63. The lowest BCUT2D eigenvalue weighted by molar-refractivity contribution is 0.0938. The zero-order chi connectivity index (χ0) is 15.4. The molecule has 1 N–H and O–H groups in total. The number of carbonyl (C=O) groups excluding carboxylic acids is 1. The number of hydrogen-bond donors (Lipinski definition) is 1. The zero-order valence-electron chi connectivity index (χ0n) is 13.1. The third-order valence-corrected chi connectivity index (χ3v) is 3.63. The number of rotatable bonds is 5. The molecule has 21 heavy (non-hydrogen) atoms. The van der Waals surface area contributed by atoms with Gasteiger partial charge in [-0.2, -0.15) is 0 Å². The van der Waals surface area contributed by atoms with Crippen molar-refractivity contribution in [2.24, 2.45) is 0 Å². The van der Waals surface area contributed by atoms with Crippen LogP contribution in [-0.4, -0.2) is 11.1 Å². The van der Waals surface area contributed by atoms with Crippen molar-refractivity contribution in [2.45, 2.75) is 46.6 Å². The van der Waals surface area contributed by atoms with E-state index in [9.17, 15) is 4.79 Å². The number of nitrogens with zero attached hydrogens (tertiary/aromatic N) is 1. The second kappa shape index (κ2) is 6.57. The normalized spacial score (nSPS) is 12.2. The number of nitrogens with one attached hydrogen (secondary N) is 1. The Labute approximate surface area is 125 Å².